The van der Waals surface area contributed by atoms with E-state index in [1.165, 1.54) is 5.56 Å². The first-order valence-electron chi connectivity index (χ1n) is 10.1. The first kappa shape index (κ1) is 25.7. The number of benzene rings is 1. The predicted molar refractivity (Wildman–Crippen MR) is 122 cm³/mol. The number of piperazine rings is 1. The van der Waals surface area contributed by atoms with Gasteiger partial charge < -0.3 is 16.0 Å². The molecule has 0 bridgehead atoms. The number of nitrogens with two attached hydrogens (primary N) is 1. The number of carbonyl (C=O) groups excluding carboxylic acids is 2. The summed E-state index contributed by atoms with van der Waals surface area (Å²) < 4.78 is 0. The summed E-state index contributed by atoms with van der Waals surface area (Å²) in [6.07, 6.45) is 3.15. The molecule has 3 N–H and O–H groups in total. The molecular formula is C21H34Cl2N4O2. The summed E-state index contributed by atoms with van der Waals surface area (Å²) in [4.78, 5) is 29.3. The summed E-state index contributed by atoms with van der Waals surface area (Å²) in [6.45, 7) is 7.91. The van der Waals surface area contributed by atoms with Gasteiger partial charge in [-0.05, 0) is 56.3 Å². The van der Waals surface area contributed by atoms with Gasteiger partial charge in [0, 0.05) is 37.8 Å². The highest BCUT2D eigenvalue weighted by Gasteiger charge is 2.35. The minimum Gasteiger partial charge on any atom is -0.340 e. The van der Waals surface area contributed by atoms with Crippen LogP contribution in [-0.4, -0.2) is 60.9 Å². The van der Waals surface area contributed by atoms with E-state index < -0.39 is 0 Å². The Bertz CT molecular complexity index is 693. The van der Waals surface area contributed by atoms with Crippen molar-refractivity contribution in [3.63, 3.8) is 0 Å². The van der Waals surface area contributed by atoms with E-state index in [1.54, 1.807) is 0 Å². The van der Waals surface area contributed by atoms with Gasteiger partial charge in [-0.25, -0.2) is 0 Å². The maximum Gasteiger partial charge on any atom is 0.238 e. The van der Waals surface area contributed by atoms with Crippen LogP contribution in [0.15, 0.2) is 18.2 Å². The monoisotopic (exact) mass is 444 g/mol. The van der Waals surface area contributed by atoms with Gasteiger partial charge in [0.25, 0.3) is 0 Å². The lowest BCUT2D eigenvalue weighted by atomic mass is 9.94. The van der Waals surface area contributed by atoms with Crippen molar-refractivity contribution in [1.29, 1.82) is 0 Å². The number of aryl methyl sites for hydroxylation is 1. The number of hydrogen-bond acceptors (Lipinski definition) is 4. The Morgan fingerprint density at radius 3 is 2.45 bits per heavy atom. The molecule has 1 aliphatic heterocycles. The highest BCUT2D eigenvalue weighted by molar-refractivity contribution is 5.93. The lowest BCUT2D eigenvalue weighted by Crippen LogP contribution is -2.52. The second-order valence-electron chi connectivity index (χ2n) is 7.93. The van der Waals surface area contributed by atoms with Gasteiger partial charge in [0.1, 0.15) is 0 Å². The average molecular weight is 445 g/mol. The van der Waals surface area contributed by atoms with Gasteiger partial charge in [-0.2, -0.15) is 0 Å². The number of amides is 2. The van der Waals surface area contributed by atoms with Crippen LogP contribution in [0.1, 0.15) is 30.4 Å². The van der Waals surface area contributed by atoms with E-state index in [9.17, 15) is 9.59 Å². The summed E-state index contributed by atoms with van der Waals surface area (Å²) in [5.74, 6) is 0.720. The van der Waals surface area contributed by atoms with Crippen molar-refractivity contribution in [3.8, 4) is 0 Å². The molecule has 2 amide bonds. The molecule has 0 aromatic heterocycles. The van der Waals surface area contributed by atoms with Crippen LogP contribution in [0, 0.1) is 25.7 Å². The topological polar surface area (TPSA) is 78.7 Å². The van der Waals surface area contributed by atoms with Crippen LogP contribution in [-0.2, 0) is 9.59 Å². The van der Waals surface area contributed by atoms with Crippen molar-refractivity contribution < 1.29 is 9.59 Å². The SMILES string of the molecule is Cc1cccc(NC(=O)CN2CCN(C(=O)[C@@H]3CCC[C@@H]3CN)CC2)c1C.Cl.Cl. The Kier molecular flexibility index (Phi) is 10.4. The molecule has 0 unspecified atom stereocenters. The number of halogens is 2. The summed E-state index contributed by atoms with van der Waals surface area (Å²) in [6, 6.07) is 5.94. The van der Waals surface area contributed by atoms with Gasteiger partial charge in [0.2, 0.25) is 11.8 Å². The van der Waals surface area contributed by atoms with Gasteiger partial charge in [-0.15, -0.1) is 24.8 Å². The molecule has 0 radical (unpaired) electrons. The smallest absolute Gasteiger partial charge is 0.238 e. The fourth-order valence-electron chi connectivity index (χ4n) is 4.28. The van der Waals surface area contributed by atoms with Crippen LogP contribution in [0.2, 0.25) is 0 Å². The number of nitrogens with zero attached hydrogens (tertiary/aromatic N) is 2. The second kappa shape index (κ2) is 11.7. The van der Waals surface area contributed by atoms with E-state index in [1.807, 2.05) is 36.9 Å². The molecule has 1 saturated heterocycles. The first-order valence-corrected chi connectivity index (χ1v) is 10.1. The first-order chi connectivity index (χ1) is 13.0. The van der Waals surface area contributed by atoms with Crippen molar-refractivity contribution in [1.82, 2.24) is 9.80 Å². The molecule has 1 aromatic carbocycles. The van der Waals surface area contributed by atoms with Crippen molar-refractivity contribution in [3.05, 3.63) is 29.3 Å². The zero-order chi connectivity index (χ0) is 19.4. The molecule has 0 spiro atoms. The Labute approximate surface area is 186 Å². The molecule has 1 heterocycles. The van der Waals surface area contributed by atoms with E-state index >= 15 is 0 Å². The van der Waals surface area contributed by atoms with Crippen LogP contribution < -0.4 is 11.1 Å². The molecule has 1 aliphatic carbocycles. The second-order valence-corrected chi connectivity index (χ2v) is 7.93. The minimum atomic E-state index is 0. The van der Waals surface area contributed by atoms with E-state index in [2.05, 4.69) is 10.2 Å². The number of anilines is 1. The van der Waals surface area contributed by atoms with E-state index in [0.29, 0.717) is 32.1 Å². The lowest BCUT2D eigenvalue weighted by molar-refractivity contribution is -0.138. The maximum atomic E-state index is 12.8. The lowest BCUT2D eigenvalue weighted by Gasteiger charge is -2.36. The highest BCUT2D eigenvalue weighted by atomic mass is 35.5. The quantitative estimate of drug-likeness (QED) is 0.731. The number of carbonyl (C=O) groups is 2. The third-order valence-electron chi connectivity index (χ3n) is 6.21. The highest BCUT2D eigenvalue weighted by Crippen LogP contribution is 2.32. The molecule has 6 nitrogen and oxygen atoms in total. The average Bonchev–Trinajstić information content (AvgIpc) is 3.14. The molecule has 3 rings (SSSR count). The third-order valence-corrected chi connectivity index (χ3v) is 6.21. The van der Waals surface area contributed by atoms with Crippen LogP contribution in [0.3, 0.4) is 0 Å². The number of nitrogens with one attached hydrogen (secondary N) is 1. The summed E-state index contributed by atoms with van der Waals surface area (Å²) >= 11 is 0. The van der Waals surface area contributed by atoms with Gasteiger partial charge in [0.05, 0.1) is 6.54 Å². The molecule has 2 atom stereocenters. The molecule has 1 aromatic rings. The fourth-order valence-corrected chi connectivity index (χ4v) is 4.28. The van der Waals surface area contributed by atoms with Gasteiger partial charge in [0.15, 0.2) is 0 Å². The van der Waals surface area contributed by atoms with Crippen molar-refractivity contribution in [2.75, 3.05) is 44.6 Å². The Morgan fingerprint density at radius 2 is 1.79 bits per heavy atom. The standard InChI is InChI=1S/C21H32N4O2.2ClH/c1-15-5-3-8-19(16(15)2)23-20(26)14-24-9-11-25(12-10-24)21(27)18-7-4-6-17(18)13-22;;/h3,5,8,17-18H,4,6-7,9-14,22H2,1-2H3,(H,23,26);2*1H/t17-,18-;;/m1../s1. The molecular weight excluding hydrogens is 411 g/mol. The Morgan fingerprint density at radius 1 is 1.10 bits per heavy atom. The summed E-state index contributed by atoms with van der Waals surface area (Å²) in [5, 5.41) is 3.02. The largest absolute Gasteiger partial charge is 0.340 e. The maximum absolute atomic E-state index is 12.8. The Hall–Kier alpha value is -1.34. The number of hydrogen-bond donors (Lipinski definition) is 2. The van der Waals surface area contributed by atoms with Crippen LogP contribution >= 0.6 is 24.8 Å². The summed E-state index contributed by atoms with van der Waals surface area (Å²) in [7, 11) is 0. The van der Waals surface area contributed by atoms with Crippen molar-refractivity contribution >= 4 is 42.3 Å². The zero-order valence-electron chi connectivity index (χ0n) is 17.4. The minimum absolute atomic E-state index is 0. The normalized spacial score (nSPS) is 21.8. The molecule has 2 aliphatic rings. The van der Waals surface area contributed by atoms with Crippen molar-refractivity contribution in [2.45, 2.75) is 33.1 Å². The van der Waals surface area contributed by atoms with Gasteiger partial charge in [-0.3, -0.25) is 14.5 Å². The van der Waals surface area contributed by atoms with Crippen LogP contribution in [0.5, 0.6) is 0 Å². The Balaban J connectivity index is 0.00000210. The van der Waals surface area contributed by atoms with Gasteiger partial charge >= 0.3 is 0 Å². The van der Waals surface area contributed by atoms with E-state index in [0.717, 1.165) is 43.6 Å². The molecule has 1 saturated carbocycles. The molecule has 164 valence electrons. The van der Waals surface area contributed by atoms with Crippen LogP contribution in [0.25, 0.3) is 0 Å². The summed E-state index contributed by atoms with van der Waals surface area (Å²) in [5.41, 5.74) is 8.98. The van der Waals surface area contributed by atoms with Crippen molar-refractivity contribution in [2.24, 2.45) is 17.6 Å². The van der Waals surface area contributed by atoms with Crippen LogP contribution in [0.4, 0.5) is 5.69 Å². The molecule has 8 heteroatoms. The predicted octanol–water partition coefficient (Wildman–Crippen LogP) is 2.60. The van der Waals surface area contributed by atoms with Gasteiger partial charge in [-0.1, -0.05) is 18.6 Å². The molecule has 29 heavy (non-hydrogen) atoms. The molecule has 2 fully saturated rings. The van der Waals surface area contributed by atoms with E-state index in [-0.39, 0.29) is 42.5 Å². The number of rotatable bonds is 5. The zero-order valence-corrected chi connectivity index (χ0v) is 19.0. The third kappa shape index (κ3) is 6.32. The fraction of sp³-hybridized carbons (Fsp3) is 0.619. The van der Waals surface area contributed by atoms with E-state index in [4.69, 9.17) is 5.73 Å².